The van der Waals surface area contributed by atoms with E-state index in [1.807, 2.05) is 5.32 Å². The zero-order valence-electron chi connectivity index (χ0n) is 67.0. The Morgan fingerprint density at radius 1 is 0.360 bits per heavy atom. The highest BCUT2D eigenvalue weighted by Gasteiger charge is 2.46. The smallest absolute Gasteiger partial charge is 0.326 e. The number of carboxylic acids is 3. The first-order chi connectivity index (χ1) is 53.5. The van der Waals surface area contributed by atoms with Crippen LogP contribution in [-0.2, 0) is 91.1 Å². The topological polar surface area (TPSA) is 657 Å². The Kier molecular flexibility index (Phi) is 41.4. The van der Waals surface area contributed by atoms with Gasteiger partial charge in [0.25, 0.3) is 0 Å². The molecule has 41 heteroatoms. The van der Waals surface area contributed by atoms with Crippen LogP contribution >= 0.6 is 0 Å². The van der Waals surface area contributed by atoms with E-state index in [9.17, 15) is 106 Å². The highest BCUT2D eigenvalue weighted by molar-refractivity contribution is 6.01. The van der Waals surface area contributed by atoms with Crippen molar-refractivity contribution in [3.8, 4) is 0 Å². The Labute approximate surface area is 662 Å². The van der Waals surface area contributed by atoms with Crippen molar-refractivity contribution in [1.29, 1.82) is 0 Å². The lowest BCUT2D eigenvalue weighted by Gasteiger charge is -2.33. The number of aliphatic carboxylic acids is 3. The van der Waals surface area contributed by atoms with Crippen LogP contribution < -0.4 is 87.2 Å². The molecule has 41 nitrogen and oxygen atoms in total. The first kappa shape index (κ1) is 98.0. The van der Waals surface area contributed by atoms with Crippen molar-refractivity contribution in [2.45, 2.75) is 288 Å². The Balaban J connectivity index is 1.76. The molecule has 0 aliphatic carbocycles. The molecule has 0 radical (unpaired) electrons. The van der Waals surface area contributed by atoms with Crippen molar-refractivity contribution in [3.63, 3.8) is 0 Å². The molecule has 0 spiro atoms. The Morgan fingerprint density at radius 3 is 1.18 bits per heavy atom. The van der Waals surface area contributed by atoms with Crippen LogP contribution in [0, 0.1) is 23.7 Å². The predicted octanol–water partition coefficient (Wildman–Crippen LogP) is -5.11. The van der Waals surface area contributed by atoms with E-state index >= 15 is 0 Å². The number of nitrogens with two attached hydrogens (primary N) is 5. The van der Waals surface area contributed by atoms with Gasteiger partial charge in [0.2, 0.25) is 94.5 Å². The fourth-order valence-corrected chi connectivity index (χ4v) is 13.3. The summed E-state index contributed by atoms with van der Waals surface area (Å²) in [6.45, 7) is 16.5. The number of carbonyl (C=O) groups is 19. The fraction of sp³-hybridized carbons (Fsp3) is 0.740. The van der Waals surface area contributed by atoms with E-state index in [1.165, 1.54) is 23.6 Å². The molecule has 3 heterocycles. The third-order valence-corrected chi connectivity index (χ3v) is 19.8. The summed E-state index contributed by atoms with van der Waals surface area (Å²) in [6, 6.07) is -20.4. The molecule has 0 bridgehead atoms. The van der Waals surface area contributed by atoms with E-state index in [-0.39, 0.29) is 96.3 Å². The molecule has 3 fully saturated rings. The summed E-state index contributed by atoms with van der Waals surface area (Å²) in [5.74, 6) is -19.8. The predicted molar refractivity (Wildman–Crippen MR) is 408 cm³/mol. The normalized spacial score (nSPS) is 18.5. The Hall–Kier alpha value is -10.2. The number of likely N-dealkylation sites (tertiary alicyclic amines) is 3. The van der Waals surface area contributed by atoms with Gasteiger partial charge in [0.15, 0.2) is 0 Å². The van der Waals surface area contributed by atoms with Gasteiger partial charge in [0, 0.05) is 38.9 Å². The average molecular weight is 1620 g/mol. The number of rotatable bonds is 50. The number of hydrogen-bond acceptors (Lipinski definition) is 22. The van der Waals surface area contributed by atoms with E-state index in [0.717, 1.165) is 4.90 Å². The van der Waals surface area contributed by atoms with Gasteiger partial charge in [-0.3, -0.25) is 86.3 Å². The molecule has 3 aliphatic rings. The zero-order valence-corrected chi connectivity index (χ0v) is 67.0. The van der Waals surface area contributed by atoms with Gasteiger partial charge in [-0.2, -0.15) is 0 Å². The summed E-state index contributed by atoms with van der Waals surface area (Å²) in [4.78, 5) is 259. The molecule has 24 N–H and O–H groups in total. The van der Waals surface area contributed by atoms with Crippen LogP contribution in [0.2, 0.25) is 0 Å². The van der Waals surface area contributed by atoms with Crippen LogP contribution in [0.1, 0.15) is 198 Å². The van der Waals surface area contributed by atoms with Gasteiger partial charge < -0.3 is 117 Å². The number of primary amides is 2. The first-order valence-electron chi connectivity index (χ1n) is 39.1. The minimum absolute atomic E-state index is 0.0173. The lowest BCUT2D eigenvalue weighted by atomic mass is 9.98. The van der Waals surface area contributed by atoms with Gasteiger partial charge in [-0.05, 0) is 153 Å². The molecule has 642 valence electrons. The van der Waals surface area contributed by atoms with Crippen molar-refractivity contribution in [2.24, 2.45) is 52.3 Å². The maximum atomic E-state index is 14.7. The van der Waals surface area contributed by atoms with Crippen LogP contribution in [0.3, 0.4) is 0 Å². The summed E-state index contributed by atoms with van der Waals surface area (Å²) in [6.07, 6.45) is -0.417. The second-order valence-corrected chi connectivity index (χ2v) is 30.8. The molecular formula is C73H123N19O22. The van der Waals surface area contributed by atoms with E-state index < -0.39 is 253 Å². The lowest BCUT2D eigenvalue weighted by molar-refractivity contribution is -0.147. The third kappa shape index (κ3) is 31.6. The minimum Gasteiger partial charge on any atom is -0.481 e. The van der Waals surface area contributed by atoms with Gasteiger partial charge >= 0.3 is 17.9 Å². The molecule has 0 aromatic rings. The van der Waals surface area contributed by atoms with Crippen LogP contribution in [0.5, 0.6) is 0 Å². The summed E-state index contributed by atoms with van der Waals surface area (Å²) >= 11 is 0. The second kappa shape index (κ2) is 48.1. The number of hydrogen-bond donors (Lipinski definition) is 19. The Bertz CT molecular complexity index is 3410. The fourth-order valence-electron chi connectivity index (χ4n) is 13.3. The molecule has 3 rings (SSSR count). The highest BCUT2D eigenvalue weighted by Crippen LogP contribution is 2.26. The van der Waals surface area contributed by atoms with Crippen LogP contribution in [0.25, 0.3) is 0 Å². The van der Waals surface area contributed by atoms with Crippen molar-refractivity contribution < 1.29 is 106 Å². The largest absolute Gasteiger partial charge is 0.481 e. The van der Waals surface area contributed by atoms with Gasteiger partial charge in [-0.25, -0.2) is 4.79 Å². The summed E-state index contributed by atoms with van der Waals surface area (Å²) in [7, 11) is 0. The molecule has 3 aliphatic heterocycles. The summed E-state index contributed by atoms with van der Waals surface area (Å²) in [5, 5.41) is 56.6. The van der Waals surface area contributed by atoms with Crippen LogP contribution in [0.4, 0.5) is 0 Å². The van der Waals surface area contributed by atoms with Gasteiger partial charge in [0.1, 0.15) is 84.6 Å². The summed E-state index contributed by atoms with van der Waals surface area (Å²) in [5.41, 5.74) is 27.9. The number of carbonyl (C=O) groups excluding carboxylic acids is 16. The molecule has 114 heavy (non-hydrogen) atoms. The second-order valence-electron chi connectivity index (χ2n) is 30.8. The summed E-state index contributed by atoms with van der Waals surface area (Å²) < 4.78 is 0. The minimum atomic E-state index is -1.93. The zero-order chi connectivity index (χ0) is 86.1. The Morgan fingerprint density at radius 2 is 0.728 bits per heavy atom. The number of nitrogens with zero attached hydrogens (tertiary/aromatic N) is 3. The van der Waals surface area contributed by atoms with Crippen molar-refractivity contribution in [3.05, 3.63) is 0 Å². The van der Waals surface area contributed by atoms with Crippen molar-refractivity contribution in [1.82, 2.24) is 73.2 Å². The number of unbranched alkanes of at least 4 members (excludes halogenated alkanes) is 2. The maximum absolute atomic E-state index is 14.7. The molecule has 0 aromatic carbocycles. The molecule has 0 unspecified atom stereocenters. The van der Waals surface area contributed by atoms with Crippen molar-refractivity contribution in [2.75, 3.05) is 32.7 Å². The maximum Gasteiger partial charge on any atom is 0.326 e. The number of nitrogens with one attached hydrogen (secondary N) is 11. The first-order valence-corrected chi connectivity index (χ1v) is 39.1. The molecule has 0 saturated carbocycles. The van der Waals surface area contributed by atoms with E-state index in [2.05, 4.69) is 53.2 Å². The van der Waals surface area contributed by atoms with Crippen LogP contribution in [0.15, 0.2) is 0 Å². The average Bonchev–Trinajstić information content (AvgIpc) is 1.63. The van der Waals surface area contributed by atoms with Gasteiger partial charge in [-0.15, -0.1) is 0 Å². The lowest BCUT2D eigenvalue weighted by Crippen LogP contribution is -2.61. The van der Waals surface area contributed by atoms with E-state index in [4.69, 9.17) is 28.7 Å². The highest BCUT2D eigenvalue weighted by atomic mass is 16.4. The van der Waals surface area contributed by atoms with Gasteiger partial charge in [0.05, 0.1) is 12.5 Å². The molecule has 0 aromatic heterocycles. The van der Waals surface area contributed by atoms with Crippen molar-refractivity contribution >= 4 is 112 Å². The molecule has 15 atom stereocenters. The standard InChI is InChI=1S/C73H123N19O22/c1-36(2)34-47(65(105)87-56(37(3)4)69(109)83-43(18-11-13-29-74)62(102)82-45(24-27-53(78)94)63(103)86-48(73(113)114)35-55(97)98)85-67(107)50-21-17-33-92(50)72(112)58(39(7)8)89-68(108)51-22-15-31-90(51)70(110)46(25-28-54(95)96)84-60(100)41(10)79-59(99)40(9)80-66(106)49-20-16-32-91(49)71(111)57(38(5)6)88-64(104)44(19-12-14-30-75)81-61(101)42(76)23-26-52(77)93/h36-51,56-58H,11-35,74-76H2,1-10H3,(H2,77,93)(H2,78,94)(H,79,99)(H,80,106)(H,81,101)(H,82,102)(H,83,109)(H,84,100)(H,85,107)(H,86,103)(H,87,105)(H,88,104)(H,89,108)(H,95,96)(H,97,98)(H,113,114)/t40-,41-,42-,43-,44-,45-,46-,47-,48-,49-,50-,51-,56-,57-,58-/m0/s1. The number of amides is 16. The monoisotopic (exact) mass is 1620 g/mol. The molecule has 3 saturated heterocycles. The van der Waals surface area contributed by atoms with Gasteiger partial charge in [-0.1, -0.05) is 55.4 Å². The van der Waals surface area contributed by atoms with Crippen LogP contribution in [-0.4, -0.2) is 266 Å². The quantitative estimate of drug-likeness (QED) is 0.0253. The molecular weight excluding hydrogens is 1490 g/mol. The SMILES string of the molecule is CC(C)C[C@H](NC(=O)[C@@H]1CCCN1C(=O)[C@@H](NC(=O)[C@@H]1CCCN1C(=O)[C@H](CCC(=O)O)NC(=O)[C@H](C)NC(=O)[C@H](C)NC(=O)[C@@H]1CCCN1C(=O)[C@@H](NC(=O)[C@H](CCCCN)NC(=O)[C@@H](N)CCC(N)=O)C(C)C)C(C)C)C(=O)N[C@H](C(=O)N[C@@H](CCCCN)C(=O)N[C@@H](CCC(N)=O)C(=O)N[C@@H](CC(=O)O)C(=O)O)C(C)C. The third-order valence-electron chi connectivity index (χ3n) is 19.8. The molecule has 16 amide bonds. The van der Waals surface area contributed by atoms with E-state index in [1.54, 1.807) is 55.4 Å². The van der Waals surface area contributed by atoms with E-state index in [0.29, 0.717) is 38.6 Å². The number of carboxylic acid groups (broad SMARTS) is 3.